The predicted octanol–water partition coefficient (Wildman–Crippen LogP) is 5.38. The quantitative estimate of drug-likeness (QED) is 0.557. The van der Waals surface area contributed by atoms with Crippen molar-refractivity contribution in [1.82, 2.24) is 0 Å². The summed E-state index contributed by atoms with van der Waals surface area (Å²) in [4.78, 5) is 13.2. The van der Waals surface area contributed by atoms with E-state index in [0.29, 0.717) is 11.3 Å². The highest BCUT2D eigenvalue weighted by molar-refractivity contribution is 6.07. The lowest BCUT2D eigenvalue weighted by molar-refractivity contribution is 0.0888. The van der Waals surface area contributed by atoms with E-state index in [1.807, 2.05) is 19.1 Å². The normalized spacial score (nSPS) is 21.2. The molecule has 2 unspecified atom stereocenters. The first-order valence-corrected chi connectivity index (χ1v) is 10.7. The van der Waals surface area contributed by atoms with Crippen molar-refractivity contribution in [2.75, 3.05) is 6.61 Å². The van der Waals surface area contributed by atoms with Gasteiger partial charge in [0.2, 0.25) is 0 Å². The van der Waals surface area contributed by atoms with E-state index in [1.165, 1.54) is 24.6 Å². The SMILES string of the molecule is CC(C)=CCCC1(C)C=Cc2cc(C3COc4cc(O)c(C)c(O)c4C3=O)c(O)cc2O1. The molecular weight excluding hydrogens is 408 g/mol. The van der Waals surface area contributed by atoms with Crippen LogP contribution in [0.25, 0.3) is 6.08 Å². The maximum Gasteiger partial charge on any atom is 0.181 e. The van der Waals surface area contributed by atoms with Crippen LogP contribution in [0.3, 0.4) is 0 Å². The van der Waals surface area contributed by atoms with Gasteiger partial charge in [0.1, 0.15) is 46.5 Å². The maximum absolute atomic E-state index is 13.2. The van der Waals surface area contributed by atoms with Gasteiger partial charge in [-0.05, 0) is 52.7 Å². The minimum Gasteiger partial charge on any atom is -0.508 e. The van der Waals surface area contributed by atoms with Crippen molar-refractivity contribution in [1.29, 1.82) is 0 Å². The Morgan fingerprint density at radius 1 is 1.16 bits per heavy atom. The molecule has 2 aromatic carbocycles. The molecule has 0 radical (unpaired) electrons. The first kappa shape index (κ1) is 21.8. The zero-order valence-electron chi connectivity index (χ0n) is 18.7. The first-order valence-electron chi connectivity index (χ1n) is 10.7. The van der Waals surface area contributed by atoms with Crippen LogP contribution in [-0.2, 0) is 0 Å². The van der Waals surface area contributed by atoms with Crippen LogP contribution in [0.4, 0.5) is 0 Å². The molecular formula is C26H28O6. The second kappa shape index (κ2) is 7.93. The number of Topliss-reactive ketones (excluding diaryl/α,β-unsaturated/α-hetero) is 1. The number of fused-ring (bicyclic) bond motifs is 2. The van der Waals surface area contributed by atoms with Gasteiger partial charge >= 0.3 is 0 Å². The van der Waals surface area contributed by atoms with Crippen LogP contribution in [0, 0.1) is 6.92 Å². The largest absolute Gasteiger partial charge is 0.508 e. The van der Waals surface area contributed by atoms with Gasteiger partial charge in [-0.2, -0.15) is 0 Å². The van der Waals surface area contributed by atoms with Gasteiger partial charge < -0.3 is 24.8 Å². The Hall–Kier alpha value is -3.41. The van der Waals surface area contributed by atoms with Crippen LogP contribution in [0.2, 0.25) is 0 Å². The zero-order chi connectivity index (χ0) is 23.2. The molecule has 0 bridgehead atoms. The van der Waals surface area contributed by atoms with E-state index >= 15 is 0 Å². The minimum atomic E-state index is -0.790. The second-order valence-corrected chi connectivity index (χ2v) is 8.99. The van der Waals surface area contributed by atoms with E-state index in [1.54, 1.807) is 6.07 Å². The monoisotopic (exact) mass is 436 g/mol. The molecule has 2 aliphatic rings. The molecule has 4 rings (SSSR count). The number of allylic oxidation sites excluding steroid dienone is 2. The summed E-state index contributed by atoms with van der Waals surface area (Å²) in [6.45, 7) is 7.65. The van der Waals surface area contributed by atoms with E-state index in [-0.39, 0.29) is 46.5 Å². The molecule has 2 aliphatic heterocycles. The molecule has 2 heterocycles. The third-order valence-electron chi connectivity index (χ3n) is 6.15. The van der Waals surface area contributed by atoms with Crippen LogP contribution in [0.15, 0.2) is 35.9 Å². The van der Waals surface area contributed by atoms with Gasteiger partial charge in [-0.15, -0.1) is 0 Å². The maximum atomic E-state index is 13.2. The topological polar surface area (TPSA) is 96.2 Å². The number of hydrogen-bond donors (Lipinski definition) is 3. The van der Waals surface area contributed by atoms with Crippen molar-refractivity contribution in [2.24, 2.45) is 0 Å². The van der Waals surface area contributed by atoms with E-state index in [2.05, 4.69) is 19.9 Å². The fraction of sp³-hybridized carbons (Fsp3) is 0.346. The molecule has 0 amide bonds. The Bertz CT molecular complexity index is 1160. The number of carbonyl (C=O) groups is 1. The van der Waals surface area contributed by atoms with Gasteiger partial charge in [0.25, 0.3) is 0 Å². The molecule has 2 atom stereocenters. The van der Waals surface area contributed by atoms with Crippen molar-refractivity contribution in [3.8, 4) is 28.7 Å². The molecule has 0 saturated carbocycles. The van der Waals surface area contributed by atoms with Crippen molar-refractivity contribution in [2.45, 2.75) is 52.1 Å². The molecule has 0 aromatic heterocycles. The molecule has 2 aromatic rings. The number of phenols is 3. The molecule has 6 nitrogen and oxygen atoms in total. The number of rotatable bonds is 4. The lowest BCUT2D eigenvalue weighted by atomic mass is 9.85. The highest BCUT2D eigenvalue weighted by atomic mass is 16.5. The summed E-state index contributed by atoms with van der Waals surface area (Å²) >= 11 is 0. The summed E-state index contributed by atoms with van der Waals surface area (Å²) < 4.78 is 11.9. The van der Waals surface area contributed by atoms with Gasteiger partial charge in [0.05, 0.1) is 5.92 Å². The zero-order valence-corrected chi connectivity index (χ0v) is 18.7. The molecule has 6 heteroatoms. The first-order chi connectivity index (χ1) is 15.1. The van der Waals surface area contributed by atoms with E-state index < -0.39 is 11.5 Å². The number of carbonyl (C=O) groups excluding carboxylic acids is 1. The van der Waals surface area contributed by atoms with E-state index in [0.717, 1.165) is 18.4 Å². The Labute approximate surface area is 187 Å². The second-order valence-electron chi connectivity index (χ2n) is 8.99. The summed E-state index contributed by atoms with van der Waals surface area (Å²) in [6.07, 6.45) is 7.80. The summed E-state index contributed by atoms with van der Waals surface area (Å²) in [5.41, 5.74) is 2.18. The highest BCUT2D eigenvalue weighted by Crippen LogP contribution is 2.46. The molecule has 0 aliphatic carbocycles. The number of aromatic hydroxyl groups is 3. The third kappa shape index (κ3) is 3.81. The van der Waals surface area contributed by atoms with Gasteiger partial charge in [-0.3, -0.25) is 4.79 Å². The standard InChI is InChI=1S/C26H28O6/c1-14(2)6-5-8-26(4)9-7-16-10-17(20(28)12-21(16)32-26)18-13-31-22-11-19(27)15(3)24(29)23(22)25(18)30/h6-7,9-12,18,27-29H,5,8,13H2,1-4H3. The van der Waals surface area contributed by atoms with Crippen molar-refractivity contribution < 1.29 is 29.6 Å². The molecule has 0 spiro atoms. The molecule has 3 N–H and O–H groups in total. The summed E-state index contributed by atoms with van der Waals surface area (Å²) in [6, 6.07) is 4.61. The van der Waals surface area contributed by atoms with Crippen LogP contribution in [0.1, 0.15) is 66.6 Å². The summed E-state index contributed by atoms with van der Waals surface area (Å²) in [5.74, 6) is -0.967. The third-order valence-corrected chi connectivity index (χ3v) is 6.15. The Morgan fingerprint density at radius 3 is 2.59 bits per heavy atom. The molecule has 0 fully saturated rings. The molecule has 32 heavy (non-hydrogen) atoms. The van der Waals surface area contributed by atoms with Crippen LogP contribution >= 0.6 is 0 Å². The number of ether oxygens (including phenoxy) is 2. The number of hydrogen-bond acceptors (Lipinski definition) is 6. The number of phenolic OH excluding ortho intramolecular Hbond substituents is 3. The van der Waals surface area contributed by atoms with Gasteiger partial charge in [-0.25, -0.2) is 0 Å². The van der Waals surface area contributed by atoms with Gasteiger partial charge in [-0.1, -0.05) is 17.7 Å². The Morgan fingerprint density at radius 2 is 1.88 bits per heavy atom. The van der Waals surface area contributed by atoms with Crippen LogP contribution < -0.4 is 9.47 Å². The van der Waals surface area contributed by atoms with E-state index in [9.17, 15) is 20.1 Å². The lowest BCUT2D eigenvalue weighted by Gasteiger charge is -2.32. The fourth-order valence-corrected chi connectivity index (χ4v) is 4.17. The lowest BCUT2D eigenvalue weighted by Crippen LogP contribution is -2.32. The van der Waals surface area contributed by atoms with Gasteiger partial charge in [0, 0.05) is 28.8 Å². The van der Waals surface area contributed by atoms with Crippen LogP contribution in [-0.4, -0.2) is 33.3 Å². The fourth-order valence-electron chi connectivity index (χ4n) is 4.17. The summed E-state index contributed by atoms with van der Waals surface area (Å²) in [5, 5.41) is 31.1. The number of benzene rings is 2. The Balaban J connectivity index is 1.64. The molecule has 0 saturated heterocycles. The average Bonchev–Trinajstić information content (AvgIpc) is 2.71. The average molecular weight is 437 g/mol. The molecule has 168 valence electrons. The highest BCUT2D eigenvalue weighted by Gasteiger charge is 2.36. The predicted molar refractivity (Wildman–Crippen MR) is 122 cm³/mol. The minimum absolute atomic E-state index is 0.00882. The van der Waals surface area contributed by atoms with Crippen molar-refractivity contribution in [3.63, 3.8) is 0 Å². The Kier molecular flexibility index (Phi) is 5.41. The summed E-state index contributed by atoms with van der Waals surface area (Å²) in [7, 11) is 0. The van der Waals surface area contributed by atoms with Crippen molar-refractivity contribution >= 4 is 11.9 Å². The van der Waals surface area contributed by atoms with E-state index in [4.69, 9.17) is 9.47 Å². The number of ketones is 1. The van der Waals surface area contributed by atoms with Crippen molar-refractivity contribution in [3.05, 3.63) is 58.2 Å². The smallest absolute Gasteiger partial charge is 0.181 e. The van der Waals surface area contributed by atoms with Crippen LogP contribution in [0.5, 0.6) is 28.7 Å². The van der Waals surface area contributed by atoms with Gasteiger partial charge in [0.15, 0.2) is 5.78 Å².